The van der Waals surface area contributed by atoms with Crippen LogP contribution in [-0.2, 0) is 14.8 Å². The zero-order valence-corrected chi connectivity index (χ0v) is 15.2. The van der Waals surface area contributed by atoms with Crippen molar-refractivity contribution in [1.82, 2.24) is 4.31 Å². The van der Waals surface area contributed by atoms with Crippen molar-refractivity contribution < 1.29 is 13.2 Å². The molecule has 1 aromatic carbocycles. The molecular formula is C15H21BrN2O3S. The van der Waals surface area contributed by atoms with Gasteiger partial charge in [0.25, 0.3) is 0 Å². The molecule has 1 aliphatic heterocycles. The van der Waals surface area contributed by atoms with Crippen LogP contribution in [0, 0.1) is 12.8 Å². The van der Waals surface area contributed by atoms with E-state index in [4.69, 9.17) is 0 Å². The lowest BCUT2D eigenvalue weighted by Crippen LogP contribution is -2.42. The van der Waals surface area contributed by atoms with Crippen molar-refractivity contribution in [2.24, 2.45) is 5.92 Å². The second-order valence-electron chi connectivity index (χ2n) is 5.55. The number of benzene rings is 1. The summed E-state index contributed by atoms with van der Waals surface area (Å²) in [7, 11) is -3.15. The van der Waals surface area contributed by atoms with Crippen molar-refractivity contribution in [1.29, 1.82) is 0 Å². The number of hydrogen-bond acceptors (Lipinski definition) is 3. The number of amides is 1. The highest BCUT2D eigenvalue weighted by molar-refractivity contribution is 9.10. The molecule has 0 aliphatic carbocycles. The number of piperidine rings is 1. The minimum Gasteiger partial charge on any atom is -0.325 e. The fourth-order valence-electron chi connectivity index (χ4n) is 2.54. The average Bonchev–Trinajstić information content (AvgIpc) is 2.50. The maximum absolute atomic E-state index is 12.3. The minimum absolute atomic E-state index is 0.0434. The third kappa shape index (κ3) is 4.08. The van der Waals surface area contributed by atoms with Gasteiger partial charge in [0.2, 0.25) is 15.9 Å². The van der Waals surface area contributed by atoms with E-state index in [2.05, 4.69) is 21.2 Å². The molecule has 0 atom stereocenters. The molecule has 0 saturated carbocycles. The van der Waals surface area contributed by atoms with Crippen LogP contribution in [0.5, 0.6) is 0 Å². The number of sulfonamides is 1. The molecule has 1 N–H and O–H groups in total. The van der Waals surface area contributed by atoms with Crippen LogP contribution in [0.2, 0.25) is 0 Å². The number of nitrogens with one attached hydrogen (secondary N) is 1. The van der Waals surface area contributed by atoms with Crippen LogP contribution in [-0.4, -0.2) is 37.5 Å². The van der Waals surface area contributed by atoms with Gasteiger partial charge in [-0.3, -0.25) is 4.79 Å². The molecule has 1 saturated heterocycles. The number of rotatable bonds is 4. The first-order valence-electron chi connectivity index (χ1n) is 7.38. The van der Waals surface area contributed by atoms with Crippen molar-refractivity contribution in [3.63, 3.8) is 0 Å². The van der Waals surface area contributed by atoms with Crippen LogP contribution in [0.3, 0.4) is 0 Å². The summed E-state index contributed by atoms with van der Waals surface area (Å²) in [6, 6.07) is 5.76. The first-order chi connectivity index (χ1) is 10.3. The molecule has 0 spiro atoms. The molecule has 1 fully saturated rings. The summed E-state index contributed by atoms with van der Waals surface area (Å²) in [5.41, 5.74) is 1.86. The van der Waals surface area contributed by atoms with Gasteiger partial charge in [-0.25, -0.2) is 12.7 Å². The number of aryl methyl sites for hydroxylation is 1. The standard InChI is InChI=1S/C15H21BrN2O3S/c1-3-22(20,21)18-8-6-12(7-9-18)15(19)17-14-5-4-11(2)10-13(14)16/h4-5,10,12H,3,6-9H2,1-2H3,(H,17,19). The van der Waals surface area contributed by atoms with Gasteiger partial charge in [0.05, 0.1) is 11.4 Å². The topological polar surface area (TPSA) is 66.5 Å². The van der Waals surface area contributed by atoms with Crippen molar-refractivity contribution in [3.8, 4) is 0 Å². The van der Waals surface area contributed by atoms with Crippen LogP contribution in [0.1, 0.15) is 25.3 Å². The molecule has 2 rings (SSSR count). The lowest BCUT2D eigenvalue weighted by Gasteiger charge is -2.30. The molecule has 7 heteroatoms. The fourth-order valence-corrected chi connectivity index (χ4v) is 4.26. The third-order valence-electron chi connectivity index (χ3n) is 3.97. The normalized spacial score (nSPS) is 17.4. The summed E-state index contributed by atoms with van der Waals surface area (Å²) < 4.78 is 26.0. The van der Waals surface area contributed by atoms with E-state index in [1.54, 1.807) is 6.92 Å². The SMILES string of the molecule is CCS(=O)(=O)N1CCC(C(=O)Nc2ccc(C)cc2Br)CC1. The number of carbonyl (C=O) groups excluding carboxylic acids is 1. The van der Waals surface area contributed by atoms with Gasteiger partial charge in [0, 0.05) is 23.5 Å². The molecule has 1 amide bonds. The number of anilines is 1. The molecule has 22 heavy (non-hydrogen) atoms. The smallest absolute Gasteiger partial charge is 0.227 e. The molecule has 122 valence electrons. The Bertz CT molecular complexity index is 653. The van der Waals surface area contributed by atoms with E-state index >= 15 is 0 Å². The first-order valence-corrected chi connectivity index (χ1v) is 9.78. The second-order valence-corrected chi connectivity index (χ2v) is 8.66. The summed E-state index contributed by atoms with van der Waals surface area (Å²) >= 11 is 3.44. The van der Waals surface area contributed by atoms with E-state index < -0.39 is 10.0 Å². The Kier molecular flexibility index (Phi) is 5.63. The predicted molar refractivity (Wildman–Crippen MR) is 91.3 cm³/mol. The summed E-state index contributed by atoms with van der Waals surface area (Å²) in [6.07, 6.45) is 1.13. The predicted octanol–water partition coefficient (Wildman–Crippen LogP) is 2.76. The lowest BCUT2D eigenvalue weighted by molar-refractivity contribution is -0.120. The van der Waals surface area contributed by atoms with Crippen molar-refractivity contribution in [3.05, 3.63) is 28.2 Å². The van der Waals surface area contributed by atoms with E-state index in [1.165, 1.54) is 4.31 Å². The molecule has 5 nitrogen and oxygen atoms in total. The zero-order valence-electron chi connectivity index (χ0n) is 12.8. The molecule has 0 bridgehead atoms. The Morgan fingerprint density at radius 3 is 2.55 bits per heavy atom. The van der Waals surface area contributed by atoms with E-state index in [0.29, 0.717) is 25.9 Å². The van der Waals surface area contributed by atoms with E-state index in [9.17, 15) is 13.2 Å². The van der Waals surface area contributed by atoms with Gasteiger partial charge in [0.1, 0.15) is 0 Å². The molecule has 1 aromatic rings. The molecule has 1 aliphatic rings. The van der Waals surface area contributed by atoms with E-state index in [0.717, 1.165) is 15.7 Å². The van der Waals surface area contributed by atoms with Crippen LogP contribution < -0.4 is 5.32 Å². The lowest BCUT2D eigenvalue weighted by atomic mass is 9.97. The van der Waals surface area contributed by atoms with Gasteiger partial charge in [-0.05, 0) is 60.3 Å². The largest absolute Gasteiger partial charge is 0.325 e. The molecule has 0 radical (unpaired) electrons. The van der Waals surface area contributed by atoms with Gasteiger partial charge >= 0.3 is 0 Å². The Balaban J connectivity index is 1.95. The van der Waals surface area contributed by atoms with Crippen LogP contribution in [0.4, 0.5) is 5.69 Å². The maximum atomic E-state index is 12.3. The van der Waals surface area contributed by atoms with Crippen LogP contribution in [0.15, 0.2) is 22.7 Å². The van der Waals surface area contributed by atoms with Crippen molar-refractivity contribution >= 4 is 37.5 Å². The fraction of sp³-hybridized carbons (Fsp3) is 0.533. The van der Waals surface area contributed by atoms with Gasteiger partial charge < -0.3 is 5.32 Å². The molecule has 0 unspecified atom stereocenters. The molecule has 0 aromatic heterocycles. The highest BCUT2D eigenvalue weighted by Gasteiger charge is 2.30. The summed E-state index contributed by atoms with van der Waals surface area (Å²) in [5, 5.41) is 2.92. The third-order valence-corrected chi connectivity index (χ3v) is 6.50. The van der Waals surface area contributed by atoms with Crippen LogP contribution in [0.25, 0.3) is 0 Å². The highest BCUT2D eigenvalue weighted by atomic mass is 79.9. The monoisotopic (exact) mass is 388 g/mol. The van der Waals surface area contributed by atoms with E-state index in [-0.39, 0.29) is 17.6 Å². The Labute approximate surface area is 140 Å². The number of nitrogens with zero attached hydrogens (tertiary/aromatic N) is 1. The van der Waals surface area contributed by atoms with Gasteiger partial charge in [0.15, 0.2) is 0 Å². The first kappa shape index (κ1) is 17.4. The highest BCUT2D eigenvalue weighted by Crippen LogP contribution is 2.26. The van der Waals surface area contributed by atoms with Gasteiger partial charge in [-0.15, -0.1) is 0 Å². The summed E-state index contributed by atoms with van der Waals surface area (Å²) in [6.45, 7) is 4.47. The molecular weight excluding hydrogens is 368 g/mol. The van der Waals surface area contributed by atoms with Crippen LogP contribution >= 0.6 is 15.9 Å². The summed E-state index contributed by atoms with van der Waals surface area (Å²) in [5.74, 6) is -0.0743. The van der Waals surface area contributed by atoms with Crippen molar-refractivity contribution in [2.45, 2.75) is 26.7 Å². The number of hydrogen-bond donors (Lipinski definition) is 1. The van der Waals surface area contributed by atoms with Crippen molar-refractivity contribution in [2.75, 3.05) is 24.2 Å². The maximum Gasteiger partial charge on any atom is 0.227 e. The Morgan fingerprint density at radius 1 is 1.36 bits per heavy atom. The Hall–Kier alpha value is -0.920. The summed E-state index contributed by atoms with van der Waals surface area (Å²) in [4.78, 5) is 12.3. The molecule has 1 heterocycles. The second kappa shape index (κ2) is 7.10. The average molecular weight is 389 g/mol. The minimum atomic E-state index is -3.15. The number of halogens is 1. The zero-order chi connectivity index (χ0) is 16.3. The van der Waals surface area contributed by atoms with Gasteiger partial charge in [-0.1, -0.05) is 6.07 Å². The number of carbonyl (C=O) groups is 1. The van der Waals surface area contributed by atoms with Gasteiger partial charge in [-0.2, -0.15) is 0 Å². The quantitative estimate of drug-likeness (QED) is 0.861. The Morgan fingerprint density at radius 2 is 2.00 bits per heavy atom. The van der Waals surface area contributed by atoms with E-state index in [1.807, 2.05) is 25.1 Å².